The molecule has 0 saturated heterocycles. The van der Waals surface area contributed by atoms with Gasteiger partial charge in [-0.2, -0.15) is 0 Å². The third-order valence-electron chi connectivity index (χ3n) is 3.71. The molecule has 0 fully saturated rings. The molecule has 3 nitrogen and oxygen atoms in total. The standard InChI is InChI=1S/C19H20N2OS/c20-13-17(19-21-9-10-23-19)11-16-7-4-8-18(12-16)22-14-15-5-2-1-3-6-15/h1-10,12,17H,11,13-14,20H2. The molecule has 0 aliphatic heterocycles. The minimum Gasteiger partial charge on any atom is -0.489 e. The third-order valence-corrected chi connectivity index (χ3v) is 4.65. The maximum absolute atomic E-state index is 5.92. The van der Waals surface area contributed by atoms with E-state index in [0.29, 0.717) is 13.2 Å². The second-order valence-corrected chi connectivity index (χ2v) is 6.35. The fourth-order valence-corrected chi connectivity index (χ4v) is 3.25. The average Bonchev–Trinajstić information content (AvgIpc) is 3.14. The van der Waals surface area contributed by atoms with Gasteiger partial charge in [-0.1, -0.05) is 42.5 Å². The zero-order valence-electron chi connectivity index (χ0n) is 12.9. The predicted molar refractivity (Wildman–Crippen MR) is 94.8 cm³/mol. The number of aromatic nitrogens is 1. The van der Waals surface area contributed by atoms with Gasteiger partial charge in [-0.15, -0.1) is 11.3 Å². The Hall–Kier alpha value is -2.17. The van der Waals surface area contributed by atoms with Crippen LogP contribution in [0.3, 0.4) is 0 Å². The van der Waals surface area contributed by atoms with Crippen molar-refractivity contribution in [2.75, 3.05) is 6.54 Å². The van der Waals surface area contributed by atoms with Crippen LogP contribution in [0.25, 0.3) is 0 Å². The van der Waals surface area contributed by atoms with Crippen molar-refractivity contribution in [1.82, 2.24) is 4.98 Å². The van der Waals surface area contributed by atoms with E-state index in [2.05, 4.69) is 29.2 Å². The molecule has 2 N–H and O–H groups in total. The van der Waals surface area contributed by atoms with E-state index in [1.807, 2.05) is 41.9 Å². The lowest BCUT2D eigenvalue weighted by Gasteiger charge is -2.13. The molecule has 1 atom stereocenters. The highest BCUT2D eigenvalue weighted by atomic mass is 32.1. The van der Waals surface area contributed by atoms with Gasteiger partial charge in [0.1, 0.15) is 12.4 Å². The molecule has 118 valence electrons. The molecule has 1 unspecified atom stereocenters. The molecular formula is C19H20N2OS. The molecule has 4 heteroatoms. The number of nitrogens with zero attached hydrogens (tertiary/aromatic N) is 1. The fraction of sp³-hybridized carbons (Fsp3) is 0.211. The number of ether oxygens (including phenoxy) is 1. The Morgan fingerprint density at radius 3 is 2.61 bits per heavy atom. The first kappa shape index (κ1) is 15.7. The van der Waals surface area contributed by atoms with Crippen LogP contribution in [-0.2, 0) is 13.0 Å². The lowest BCUT2D eigenvalue weighted by molar-refractivity contribution is 0.306. The van der Waals surface area contributed by atoms with E-state index in [4.69, 9.17) is 10.5 Å². The summed E-state index contributed by atoms with van der Waals surface area (Å²) in [6.07, 6.45) is 2.72. The van der Waals surface area contributed by atoms with Gasteiger partial charge in [0.15, 0.2) is 0 Å². The second-order valence-electron chi connectivity index (χ2n) is 5.43. The van der Waals surface area contributed by atoms with Gasteiger partial charge >= 0.3 is 0 Å². The Balaban J connectivity index is 1.65. The molecule has 0 saturated carbocycles. The van der Waals surface area contributed by atoms with E-state index < -0.39 is 0 Å². The van der Waals surface area contributed by atoms with E-state index in [1.165, 1.54) is 11.1 Å². The molecule has 2 aromatic carbocycles. The molecule has 0 bridgehead atoms. The molecule has 1 heterocycles. The zero-order chi connectivity index (χ0) is 15.9. The van der Waals surface area contributed by atoms with Crippen molar-refractivity contribution >= 4 is 11.3 Å². The maximum atomic E-state index is 5.92. The number of hydrogen-bond acceptors (Lipinski definition) is 4. The van der Waals surface area contributed by atoms with Gasteiger partial charge in [0, 0.05) is 24.0 Å². The Bertz CT molecular complexity index is 713. The van der Waals surface area contributed by atoms with E-state index in [9.17, 15) is 0 Å². The van der Waals surface area contributed by atoms with Crippen molar-refractivity contribution in [2.45, 2.75) is 18.9 Å². The lowest BCUT2D eigenvalue weighted by Crippen LogP contribution is -2.14. The molecule has 0 spiro atoms. The van der Waals surface area contributed by atoms with Crippen LogP contribution in [-0.4, -0.2) is 11.5 Å². The highest BCUT2D eigenvalue weighted by molar-refractivity contribution is 7.09. The monoisotopic (exact) mass is 324 g/mol. The summed E-state index contributed by atoms with van der Waals surface area (Å²) < 4.78 is 5.89. The smallest absolute Gasteiger partial charge is 0.120 e. The quantitative estimate of drug-likeness (QED) is 0.714. The average molecular weight is 324 g/mol. The summed E-state index contributed by atoms with van der Waals surface area (Å²) in [5, 5.41) is 3.10. The minimum atomic E-state index is 0.263. The van der Waals surface area contributed by atoms with Gasteiger partial charge < -0.3 is 10.5 Å². The first-order chi connectivity index (χ1) is 11.3. The normalized spacial score (nSPS) is 12.0. The second kappa shape index (κ2) is 7.90. The molecule has 3 aromatic rings. The topological polar surface area (TPSA) is 48.1 Å². The van der Waals surface area contributed by atoms with Crippen LogP contribution < -0.4 is 10.5 Å². The lowest BCUT2D eigenvalue weighted by atomic mass is 10.00. The fourth-order valence-electron chi connectivity index (χ4n) is 2.50. The summed E-state index contributed by atoms with van der Waals surface area (Å²) in [5.74, 6) is 1.15. The largest absolute Gasteiger partial charge is 0.489 e. The van der Waals surface area contributed by atoms with Crippen LogP contribution in [0.15, 0.2) is 66.2 Å². The molecule has 0 amide bonds. The van der Waals surface area contributed by atoms with Crippen molar-refractivity contribution < 1.29 is 4.74 Å². The van der Waals surface area contributed by atoms with Crippen molar-refractivity contribution in [3.8, 4) is 5.75 Å². The first-order valence-electron chi connectivity index (χ1n) is 7.70. The Kier molecular flexibility index (Phi) is 5.40. The van der Waals surface area contributed by atoms with E-state index in [-0.39, 0.29) is 5.92 Å². The molecule has 0 aliphatic rings. The SMILES string of the molecule is NCC(Cc1cccc(OCc2ccccc2)c1)c1nccs1. The van der Waals surface area contributed by atoms with E-state index in [1.54, 1.807) is 11.3 Å². The minimum absolute atomic E-state index is 0.263. The summed E-state index contributed by atoms with van der Waals surface area (Å²) in [5.41, 5.74) is 8.31. The van der Waals surface area contributed by atoms with Crippen LogP contribution >= 0.6 is 11.3 Å². The Labute approximate surface area is 140 Å². The predicted octanol–water partition coefficient (Wildman–Crippen LogP) is 4.01. The van der Waals surface area contributed by atoms with Gasteiger partial charge in [0.2, 0.25) is 0 Å². The van der Waals surface area contributed by atoms with Crippen molar-refractivity contribution in [2.24, 2.45) is 5.73 Å². The van der Waals surface area contributed by atoms with Crippen LogP contribution in [0, 0.1) is 0 Å². The van der Waals surface area contributed by atoms with Crippen LogP contribution in [0.2, 0.25) is 0 Å². The number of hydrogen-bond donors (Lipinski definition) is 1. The van der Waals surface area contributed by atoms with Gasteiger partial charge in [-0.25, -0.2) is 4.98 Å². The molecular weight excluding hydrogens is 304 g/mol. The number of thiazole rings is 1. The molecule has 1 aromatic heterocycles. The summed E-state index contributed by atoms with van der Waals surface area (Å²) in [7, 11) is 0. The molecule has 23 heavy (non-hydrogen) atoms. The van der Waals surface area contributed by atoms with Crippen molar-refractivity contribution in [3.63, 3.8) is 0 Å². The number of rotatable bonds is 7. The third kappa shape index (κ3) is 4.41. The Morgan fingerprint density at radius 2 is 1.87 bits per heavy atom. The highest BCUT2D eigenvalue weighted by Crippen LogP contribution is 2.24. The van der Waals surface area contributed by atoms with E-state index in [0.717, 1.165) is 17.2 Å². The van der Waals surface area contributed by atoms with Gasteiger partial charge in [-0.3, -0.25) is 0 Å². The summed E-state index contributed by atoms with van der Waals surface area (Å²) in [6, 6.07) is 18.4. The number of nitrogens with two attached hydrogens (primary N) is 1. The summed E-state index contributed by atoms with van der Waals surface area (Å²) in [4.78, 5) is 4.39. The van der Waals surface area contributed by atoms with Crippen LogP contribution in [0.4, 0.5) is 0 Å². The van der Waals surface area contributed by atoms with Crippen molar-refractivity contribution in [1.29, 1.82) is 0 Å². The van der Waals surface area contributed by atoms with E-state index >= 15 is 0 Å². The highest BCUT2D eigenvalue weighted by Gasteiger charge is 2.13. The molecule has 3 rings (SSSR count). The van der Waals surface area contributed by atoms with Crippen LogP contribution in [0.5, 0.6) is 5.75 Å². The maximum Gasteiger partial charge on any atom is 0.120 e. The molecule has 0 radical (unpaired) electrons. The van der Waals surface area contributed by atoms with Gasteiger partial charge in [0.05, 0.1) is 5.01 Å². The number of benzene rings is 2. The van der Waals surface area contributed by atoms with Gasteiger partial charge in [0.25, 0.3) is 0 Å². The van der Waals surface area contributed by atoms with Gasteiger partial charge in [-0.05, 0) is 29.7 Å². The first-order valence-corrected chi connectivity index (χ1v) is 8.58. The van der Waals surface area contributed by atoms with Crippen molar-refractivity contribution in [3.05, 3.63) is 82.3 Å². The zero-order valence-corrected chi connectivity index (χ0v) is 13.7. The molecule has 0 aliphatic carbocycles. The summed E-state index contributed by atoms with van der Waals surface area (Å²) in [6.45, 7) is 1.18. The Morgan fingerprint density at radius 1 is 1.04 bits per heavy atom. The summed E-state index contributed by atoms with van der Waals surface area (Å²) >= 11 is 1.66. The van der Waals surface area contributed by atoms with Crippen LogP contribution in [0.1, 0.15) is 22.1 Å².